The van der Waals surface area contributed by atoms with E-state index in [1.165, 1.54) is 83.5 Å². The summed E-state index contributed by atoms with van der Waals surface area (Å²) in [5.74, 6) is 0. The van der Waals surface area contributed by atoms with Crippen LogP contribution in [-0.4, -0.2) is 0 Å². The molecular weight excluding hydrogens is 328 g/mol. The first-order chi connectivity index (χ1) is 11.9. The normalized spacial score (nSPS) is 10.4. The van der Waals surface area contributed by atoms with Crippen LogP contribution in [0.1, 0.15) is 88.9 Å². The van der Waals surface area contributed by atoms with E-state index >= 15 is 0 Å². The largest absolute Gasteiger partial charge is 0.152 e. The standard InChI is InChI=1S/C18H32S.C4H4S/c1-2-3-4-5-6-7-8-9-10-11-12-13-15-18-16-14-17-19-18;1-2-4-5-3-1/h14,16-17H,2-13,15H2,1H3;1-4H. The summed E-state index contributed by atoms with van der Waals surface area (Å²) in [6, 6.07) is 8.47. The van der Waals surface area contributed by atoms with E-state index in [0.717, 1.165) is 0 Å². The van der Waals surface area contributed by atoms with E-state index in [9.17, 15) is 0 Å². The molecule has 0 aliphatic heterocycles. The van der Waals surface area contributed by atoms with Crippen molar-refractivity contribution in [1.82, 2.24) is 0 Å². The topological polar surface area (TPSA) is 0 Å². The van der Waals surface area contributed by atoms with Gasteiger partial charge in [-0.15, -0.1) is 11.3 Å². The molecule has 0 bridgehead atoms. The average molecular weight is 365 g/mol. The van der Waals surface area contributed by atoms with Gasteiger partial charge in [0.15, 0.2) is 0 Å². The predicted molar refractivity (Wildman–Crippen MR) is 113 cm³/mol. The molecule has 0 aliphatic rings. The molecule has 24 heavy (non-hydrogen) atoms. The fraction of sp³-hybridized carbons (Fsp3) is 0.636. The second-order valence-electron chi connectivity index (χ2n) is 6.51. The predicted octanol–water partition coefficient (Wildman–Crippen LogP) is 8.74. The summed E-state index contributed by atoms with van der Waals surface area (Å²) in [4.78, 5) is 1.56. The van der Waals surface area contributed by atoms with Crippen LogP contribution in [0.25, 0.3) is 0 Å². The van der Waals surface area contributed by atoms with Crippen LogP contribution in [0.3, 0.4) is 0 Å². The first-order valence-electron chi connectivity index (χ1n) is 9.93. The highest BCUT2D eigenvalue weighted by atomic mass is 32.1. The molecule has 2 aromatic rings. The van der Waals surface area contributed by atoms with E-state index in [2.05, 4.69) is 24.4 Å². The van der Waals surface area contributed by atoms with Gasteiger partial charge in [0.25, 0.3) is 0 Å². The van der Waals surface area contributed by atoms with Crippen LogP contribution in [0.2, 0.25) is 0 Å². The molecule has 0 aromatic carbocycles. The highest BCUT2D eigenvalue weighted by Gasteiger charge is 1.95. The van der Waals surface area contributed by atoms with Gasteiger partial charge < -0.3 is 0 Å². The lowest BCUT2D eigenvalue weighted by molar-refractivity contribution is 0.544. The number of unbranched alkanes of at least 4 members (excludes halogenated alkanes) is 11. The van der Waals surface area contributed by atoms with Crippen molar-refractivity contribution >= 4 is 22.7 Å². The lowest BCUT2D eigenvalue weighted by Crippen LogP contribution is -1.84. The molecule has 0 saturated heterocycles. The Morgan fingerprint density at radius 2 is 1.17 bits per heavy atom. The first-order valence-corrected chi connectivity index (χ1v) is 11.7. The van der Waals surface area contributed by atoms with Gasteiger partial charge >= 0.3 is 0 Å². The molecule has 0 saturated carbocycles. The molecule has 0 fully saturated rings. The zero-order valence-corrected chi connectivity index (χ0v) is 17.2. The zero-order chi connectivity index (χ0) is 17.1. The van der Waals surface area contributed by atoms with Crippen LogP contribution in [0.4, 0.5) is 0 Å². The number of rotatable bonds is 13. The lowest BCUT2D eigenvalue weighted by atomic mass is 10.0. The van der Waals surface area contributed by atoms with Crippen LogP contribution in [-0.2, 0) is 6.42 Å². The van der Waals surface area contributed by atoms with Gasteiger partial charge in [0.2, 0.25) is 0 Å². The molecule has 2 aromatic heterocycles. The van der Waals surface area contributed by atoms with E-state index in [-0.39, 0.29) is 0 Å². The third kappa shape index (κ3) is 13.8. The van der Waals surface area contributed by atoms with Crippen LogP contribution in [0, 0.1) is 0 Å². The minimum absolute atomic E-state index is 1.30. The monoisotopic (exact) mass is 364 g/mol. The molecular formula is C22H36S2. The van der Waals surface area contributed by atoms with Gasteiger partial charge in [0.05, 0.1) is 0 Å². The van der Waals surface area contributed by atoms with E-state index in [0.29, 0.717) is 0 Å². The maximum Gasteiger partial charge on any atom is 0.00452 e. The van der Waals surface area contributed by atoms with Gasteiger partial charge in [-0.2, -0.15) is 11.3 Å². The zero-order valence-electron chi connectivity index (χ0n) is 15.6. The number of thiophene rings is 2. The van der Waals surface area contributed by atoms with Gasteiger partial charge in [-0.1, -0.05) is 95.8 Å². The fourth-order valence-electron chi connectivity index (χ4n) is 2.82. The van der Waals surface area contributed by atoms with Crippen molar-refractivity contribution in [2.75, 3.05) is 0 Å². The van der Waals surface area contributed by atoms with Crippen molar-refractivity contribution < 1.29 is 0 Å². The number of hydrogen-bond donors (Lipinski definition) is 0. The Labute approximate surface area is 158 Å². The van der Waals surface area contributed by atoms with Crippen molar-refractivity contribution in [3.8, 4) is 0 Å². The van der Waals surface area contributed by atoms with Gasteiger partial charge in [0.1, 0.15) is 0 Å². The Balaban J connectivity index is 0.000000488. The van der Waals surface area contributed by atoms with Gasteiger partial charge in [-0.25, -0.2) is 0 Å². The van der Waals surface area contributed by atoms with Crippen LogP contribution in [0.5, 0.6) is 0 Å². The van der Waals surface area contributed by atoms with Gasteiger partial charge in [0, 0.05) is 4.88 Å². The van der Waals surface area contributed by atoms with Crippen molar-refractivity contribution in [1.29, 1.82) is 0 Å². The highest BCUT2D eigenvalue weighted by Crippen LogP contribution is 2.15. The molecule has 2 heteroatoms. The van der Waals surface area contributed by atoms with Crippen molar-refractivity contribution in [2.45, 2.75) is 90.4 Å². The van der Waals surface area contributed by atoms with Crippen LogP contribution >= 0.6 is 22.7 Å². The summed E-state index contributed by atoms with van der Waals surface area (Å²) < 4.78 is 0. The van der Waals surface area contributed by atoms with E-state index in [1.807, 2.05) is 34.2 Å². The highest BCUT2D eigenvalue weighted by molar-refractivity contribution is 7.09. The third-order valence-corrected chi connectivity index (χ3v) is 5.85. The number of hydrogen-bond acceptors (Lipinski definition) is 2. The van der Waals surface area contributed by atoms with Gasteiger partial charge in [-0.3, -0.25) is 0 Å². The molecule has 0 nitrogen and oxygen atoms in total. The fourth-order valence-corrected chi connectivity index (χ4v) is 4.03. The van der Waals surface area contributed by atoms with Crippen LogP contribution < -0.4 is 0 Å². The second-order valence-corrected chi connectivity index (χ2v) is 8.36. The van der Waals surface area contributed by atoms with Crippen molar-refractivity contribution in [2.24, 2.45) is 0 Å². The maximum atomic E-state index is 2.29. The first kappa shape index (κ1) is 21.4. The van der Waals surface area contributed by atoms with Crippen molar-refractivity contribution in [3.63, 3.8) is 0 Å². The molecule has 0 radical (unpaired) electrons. The quantitative estimate of drug-likeness (QED) is 0.312. The Bertz CT molecular complexity index is 400. The molecule has 136 valence electrons. The van der Waals surface area contributed by atoms with Crippen LogP contribution in [0.15, 0.2) is 40.4 Å². The Kier molecular flexibility index (Phi) is 15.4. The minimum Gasteiger partial charge on any atom is -0.152 e. The summed E-state index contributed by atoms with van der Waals surface area (Å²) in [6.45, 7) is 2.29. The molecule has 2 rings (SSSR count). The lowest BCUT2D eigenvalue weighted by Gasteiger charge is -2.02. The molecule has 2 heterocycles. The van der Waals surface area contributed by atoms with E-state index < -0.39 is 0 Å². The van der Waals surface area contributed by atoms with E-state index in [1.54, 1.807) is 16.2 Å². The molecule has 0 atom stereocenters. The molecule has 0 spiro atoms. The number of aryl methyl sites for hydroxylation is 1. The summed E-state index contributed by atoms with van der Waals surface area (Å²) in [7, 11) is 0. The summed E-state index contributed by atoms with van der Waals surface area (Å²) in [6.07, 6.45) is 18.6. The second kappa shape index (κ2) is 17.2. The summed E-state index contributed by atoms with van der Waals surface area (Å²) in [5.41, 5.74) is 0. The maximum absolute atomic E-state index is 2.29. The van der Waals surface area contributed by atoms with Gasteiger partial charge in [-0.05, 0) is 35.0 Å². The molecule has 0 N–H and O–H groups in total. The Hall–Kier alpha value is -0.600. The summed E-state index contributed by atoms with van der Waals surface area (Å²) in [5, 5.41) is 6.27. The molecule has 0 amide bonds. The third-order valence-electron chi connectivity index (χ3n) is 4.28. The smallest absolute Gasteiger partial charge is 0.00452 e. The molecule has 0 unspecified atom stereocenters. The Morgan fingerprint density at radius 1 is 0.625 bits per heavy atom. The SMILES string of the molecule is CCCCCCCCCCCCCCc1cccs1.c1ccsc1. The summed E-state index contributed by atoms with van der Waals surface area (Å²) >= 11 is 3.62. The van der Waals surface area contributed by atoms with Crippen molar-refractivity contribution in [3.05, 3.63) is 45.3 Å². The van der Waals surface area contributed by atoms with E-state index in [4.69, 9.17) is 0 Å². The average Bonchev–Trinajstić information content (AvgIpc) is 3.32. The molecule has 0 aliphatic carbocycles. The minimum atomic E-state index is 1.30. The Morgan fingerprint density at radius 3 is 1.58 bits per heavy atom.